The molecule has 3 heterocycles. The van der Waals surface area contributed by atoms with Crippen LogP contribution in [0.2, 0.25) is 0 Å². The maximum atomic E-state index is 13.8. The van der Waals surface area contributed by atoms with Gasteiger partial charge >= 0.3 is 0 Å². The number of halogens is 1. The molecular weight excluding hydrogens is 373 g/mol. The smallest absolute Gasteiger partial charge is 0.255 e. The Morgan fingerprint density at radius 3 is 2.86 bits per heavy atom. The molecule has 2 N–H and O–H groups in total. The molecule has 8 heteroatoms. The first-order valence-electron chi connectivity index (χ1n) is 9.30. The number of benzene rings is 1. The van der Waals surface area contributed by atoms with Crippen molar-refractivity contribution in [1.82, 2.24) is 19.4 Å². The van der Waals surface area contributed by atoms with Gasteiger partial charge in [0.25, 0.3) is 5.91 Å². The minimum absolute atomic E-state index is 0.0987. The fourth-order valence-corrected chi connectivity index (χ4v) is 3.72. The Morgan fingerprint density at radius 1 is 1.28 bits per heavy atom. The van der Waals surface area contributed by atoms with Gasteiger partial charge in [0.1, 0.15) is 5.82 Å². The van der Waals surface area contributed by atoms with Gasteiger partial charge in [-0.1, -0.05) is 12.1 Å². The van der Waals surface area contributed by atoms with Crippen LogP contribution in [0.5, 0.6) is 0 Å². The van der Waals surface area contributed by atoms with Crippen LogP contribution in [0.1, 0.15) is 34.9 Å². The summed E-state index contributed by atoms with van der Waals surface area (Å²) >= 11 is 0. The van der Waals surface area contributed by atoms with E-state index in [4.69, 9.17) is 5.73 Å². The van der Waals surface area contributed by atoms with E-state index in [-0.39, 0.29) is 29.3 Å². The monoisotopic (exact) mass is 393 g/mol. The van der Waals surface area contributed by atoms with E-state index in [9.17, 15) is 14.0 Å². The van der Waals surface area contributed by atoms with Gasteiger partial charge in [-0.05, 0) is 36.6 Å². The molecule has 0 aliphatic carbocycles. The van der Waals surface area contributed by atoms with E-state index in [1.807, 2.05) is 0 Å². The zero-order valence-corrected chi connectivity index (χ0v) is 15.9. The van der Waals surface area contributed by atoms with Crippen molar-refractivity contribution in [2.75, 3.05) is 12.3 Å². The number of carbonyl (C=O) groups excluding carboxylic acids is 1. The summed E-state index contributed by atoms with van der Waals surface area (Å²) in [6, 6.07) is 8.76. The highest BCUT2D eigenvalue weighted by molar-refractivity contribution is 5.94. The number of likely N-dealkylation sites (tertiary alicyclic amines) is 1. The second-order valence-electron chi connectivity index (χ2n) is 7.06. The summed E-state index contributed by atoms with van der Waals surface area (Å²) in [6.45, 7) is 0.554. The SMILES string of the molecule is Cn1cc(C(=O)N2CCC[C@@H]2c2nc(N)ncc2-c2cccc(F)c2)ccc1=O. The minimum atomic E-state index is -0.366. The van der Waals surface area contributed by atoms with Crippen LogP contribution in [-0.2, 0) is 7.05 Å². The van der Waals surface area contributed by atoms with Crippen molar-refractivity contribution >= 4 is 11.9 Å². The topological polar surface area (TPSA) is 94.1 Å². The Kier molecular flexibility index (Phi) is 4.84. The van der Waals surface area contributed by atoms with Crippen molar-refractivity contribution in [3.63, 3.8) is 0 Å². The van der Waals surface area contributed by atoms with Crippen molar-refractivity contribution in [1.29, 1.82) is 0 Å². The van der Waals surface area contributed by atoms with Gasteiger partial charge in [0.2, 0.25) is 11.5 Å². The average Bonchev–Trinajstić information content (AvgIpc) is 3.19. The molecule has 1 saturated heterocycles. The number of pyridine rings is 1. The number of amides is 1. The molecule has 0 spiro atoms. The van der Waals surface area contributed by atoms with E-state index in [2.05, 4.69) is 9.97 Å². The van der Waals surface area contributed by atoms with Gasteiger partial charge in [0.15, 0.2) is 0 Å². The maximum Gasteiger partial charge on any atom is 0.255 e. The lowest BCUT2D eigenvalue weighted by Gasteiger charge is -2.26. The Bertz CT molecular complexity index is 1140. The van der Waals surface area contributed by atoms with Crippen LogP contribution in [0.15, 0.2) is 53.6 Å². The van der Waals surface area contributed by atoms with Crippen molar-refractivity contribution in [3.05, 3.63) is 76.2 Å². The first kappa shape index (κ1) is 18.8. The Hall–Kier alpha value is -3.55. The molecule has 1 amide bonds. The van der Waals surface area contributed by atoms with Gasteiger partial charge in [0, 0.05) is 37.6 Å². The lowest BCUT2D eigenvalue weighted by molar-refractivity contribution is 0.0732. The van der Waals surface area contributed by atoms with E-state index in [0.29, 0.717) is 35.3 Å². The van der Waals surface area contributed by atoms with Crippen LogP contribution in [0, 0.1) is 5.82 Å². The average molecular weight is 393 g/mol. The molecule has 0 saturated carbocycles. The fourth-order valence-electron chi connectivity index (χ4n) is 3.72. The van der Waals surface area contributed by atoms with E-state index in [1.165, 1.54) is 35.0 Å². The third-order valence-electron chi connectivity index (χ3n) is 5.13. The second-order valence-corrected chi connectivity index (χ2v) is 7.06. The number of aromatic nitrogens is 3. The first-order valence-corrected chi connectivity index (χ1v) is 9.30. The third kappa shape index (κ3) is 3.61. The molecule has 4 rings (SSSR count). The second kappa shape index (κ2) is 7.46. The highest BCUT2D eigenvalue weighted by atomic mass is 19.1. The summed E-state index contributed by atoms with van der Waals surface area (Å²) in [7, 11) is 1.60. The molecule has 0 unspecified atom stereocenters. The van der Waals surface area contributed by atoms with E-state index >= 15 is 0 Å². The number of aryl methyl sites for hydroxylation is 1. The zero-order valence-electron chi connectivity index (χ0n) is 15.9. The Morgan fingerprint density at radius 2 is 2.10 bits per heavy atom. The van der Waals surface area contributed by atoms with Crippen LogP contribution in [0.3, 0.4) is 0 Å². The predicted molar refractivity (Wildman–Crippen MR) is 107 cm³/mol. The van der Waals surface area contributed by atoms with Crippen molar-refractivity contribution in [2.24, 2.45) is 7.05 Å². The summed E-state index contributed by atoms with van der Waals surface area (Å²) in [5, 5.41) is 0. The van der Waals surface area contributed by atoms with Crippen molar-refractivity contribution in [2.45, 2.75) is 18.9 Å². The summed E-state index contributed by atoms with van der Waals surface area (Å²) in [6.07, 6.45) is 4.60. The van der Waals surface area contributed by atoms with Crippen LogP contribution in [-0.4, -0.2) is 31.9 Å². The lowest BCUT2D eigenvalue weighted by Crippen LogP contribution is -2.32. The summed E-state index contributed by atoms with van der Waals surface area (Å²) < 4.78 is 15.2. The molecule has 0 bridgehead atoms. The Balaban J connectivity index is 1.75. The molecule has 7 nitrogen and oxygen atoms in total. The van der Waals surface area contributed by atoms with Gasteiger partial charge in [-0.3, -0.25) is 9.59 Å². The molecule has 1 atom stereocenters. The predicted octanol–water partition coefficient (Wildman–Crippen LogP) is 2.54. The number of nitrogens with zero attached hydrogens (tertiary/aromatic N) is 4. The van der Waals surface area contributed by atoms with Gasteiger partial charge in [-0.25, -0.2) is 14.4 Å². The number of hydrogen-bond acceptors (Lipinski definition) is 5. The molecule has 1 fully saturated rings. The first-order chi connectivity index (χ1) is 13.9. The highest BCUT2D eigenvalue weighted by Crippen LogP contribution is 2.37. The molecule has 1 aliphatic rings. The number of hydrogen-bond donors (Lipinski definition) is 1. The van der Waals surface area contributed by atoms with Crippen LogP contribution < -0.4 is 11.3 Å². The standard InChI is InChI=1S/C21H20FN5O2/c1-26-12-14(7-8-18(26)28)20(29)27-9-3-6-17(27)19-16(11-24-21(23)25-19)13-4-2-5-15(22)10-13/h2,4-5,7-8,10-12,17H,3,6,9H2,1H3,(H2,23,24,25)/t17-/m1/s1. The normalized spacial score (nSPS) is 16.2. The zero-order chi connectivity index (χ0) is 20.5. The maximum absolute atomic E-state index is 13.8. The molecule has 1 aliphatic heterocycles. The molecule has 148 valence electrons. The third-order valence-corrected chi connectivity index (χ3v) is 5.13. The van der Waals surface area contributed by atoms with Crippen LogP contribution >= 0.6 is 0 Å². The van der Waals surface area contributed by atoms with Gasteiger partial charge in [0.05, 0.1) is 17.3 Å². The summed E-state index contributed by atoms with van der Waals surface area (Å²) in [5.74, 6) is -0.457. The van der Waals surface area contributed by atoms with Crippen LogP contribution in [0.4, 0.5) is 10.3 Å². The molecular formula is C21H20FN5O2. The molecule has 1 aromatic carbocycles. The number of nitrogens with two attached hydrogens (primary N) is 1. The number of carbonyl (C=O) groups is 1. The highest BCUT2D eigenvalue weighted by Gasteiger charge is 2.33. The Labute approximate surface area is 166 Å². The number of rotatable bonds is 3. The lowest BCUT2D eigenvalue weighted by atomic mass is 9.99. The van der Waals surface area contributed by atoms with Crippen molar-refractivity contribution < 1.29 is 9.18 Å². The number of anilines is 1. The summed E-state index contributed by atoms with van der Waals surface area (Å²) in [4.78, 5) is 35.0. The van der Waals surface area contributed by atoms with Crippen LogP contribution in [0.25, 0.3) is 11.1 Å². The largest absolute Gasteiger partial charge is 0.368 e. The van der Waals surface area contributed by atoms with E-state index in [1.54, 1.807) is 30.3 Å². The summed E-state index contributed by atoms with van der Waals surface area (Å²) in [5.41, 5.74) is 7.94. The van der Waals surface area contributed by atoms with Gasteiger partial charge in [-0.15, -0.1) is 0 Å². The van der Waals surface area contributed by atoms with E-state index < -0.39 is 0 Å². The minimum Gasteiger partial charge on any atom is -0.368 e. The van der Waals surface area contributed by atoms with E-state index in [0.717, 1.165) is 6.42 Å². The molecule has 0 radical (unpaired) electrons. The number of nitrogen functional groups attached to an aromatic ring is 1. The molecule has 2 aromatic heterocycles. The van der Waals surface area contributed by atoms with Gasteiger partial charge < -0.3 is 15.2 Å². The molecule has 29 heavy (non-hydrogen) atoms. The molecule has 3 aromatic rings. The van der Waals surface area contributed by atoms with Crippen molar-refractivity contribution in [3.8, 4) is 11.1 Å². The fraction of sp³-hybridized carbons (Fsp3) is 0.238. The quantitative estimate of drug-likeness (QED) is 0.738. The van der Waals surface area contributed by atoms with Gasteiger partial charge in [-0.2, -0.15) is 0 Å².